The zero-order valence-electron chi connectivity index (χ0n) is 18.4. The second kappa shape index (κ2) is 10.5. The van der Waals surface area contributed by atoms with Crippen LogP contribution in [0.1, 0.15) is 32.8 Å². The van der Waals surface area contributed by atoms with E-state index in [0.717, 1.165) is 22.3 Å². The van der Waals surface area contributed by atoms with E-state index in [1.807, 2.05) is 55.5 Å². The summed E-state index contributed by atoms with van der Waals surface area (Å²) in [6.07, 6.45) is 3.90. The van der Waals surface area contributed by atoms with Gasteiger partial charge in [0.1, 0.15) is 6.04 Å². The number of carboxylic acid groups (broad SMARTS) is 1. The highest BCUT2D eigenvalue weighted by atomic mass is 16.4. The number of amides is 1. The van der Waals surface area contributed by atoms with Crippen molar-refractivity contribution in [1.29, 1.82) is 0 Å². The highest BCUT2D eigenvalue weighted by Gasteiger charge is 2.31. The molecule has 2 N–H and O–H groups in total. The summed E-state index contributed by atoms with van der Waals surface area (Å²) in [5.41, 5.74) is 3.60. The van der Waals surface area contributed by atoms with Crippen LogP contribution in [0.4, 0.5) is 0 Å². The Kier molecular flexibility index (Phi) is 7.49. The highest BCUT2D eigenvalue weighted by Crippen LogP contribution is 2.30. The van der Waals surface area contributed by atoms with Crippen molar-refractivity contribution in [3.8, 4) is 22.5 Å². The Labute approximate surface area is 187 Å². The van der Waals surface area contributed by atoms with Gasteiger partial charge in [-0.15, -0.1) is 10.2 Å². The summed E-state index contributed by atoms with van der Waals surface area (Å²) in [5.74, 6) is -1.04. The summed E-state index contributed by atoms with van der Waals surface area (Å²) in [5, 5.41) is 24.0. The number of carboxylic acids is 1. The molecule has 0 saturated carbocycles. The van der Waals surface area contributed by atoms with Crippen LogP contribution in [0.5, 0.6) is 0 Å². The van der Waals surface area contributed by atoms with Crippen molar-refractivity contribution in [1.82, 2.24) is 25.5 Å². The Morgan fingerprint density at radius 1 is 1.09 bits per heavy atom. The third-order valence-electron chi connectivity index (χ3n) is 5.13. The molecule has 3 rings (SSSR count). The molecule has 0 aliphatic carbocycles. The monoisotopic (exact) mass is 433 g/mol. The summed E-state index contributed by atoms with van der Waals surface area (Å²) < 4.78 is 0. The molecule has 0 spiro atoms. The molecule has 0 radical (unpaired) electrons. The topological polar surface area (TPSA) is 112 Å². The van der Waals surface area contributed by atoms with Crippen LogP contribution >= 0.6 is 0 Å². The Morgan fingerprint density at radius 2 is 1.78 bits per heavy atom. The Bertz CT molecular complexity index is 1080. The minimum Gasteiger partial charge on any atom is -0.480 e. The lowest BCUT2D eigenvalue weighted by Crippen LogP contribution is -2.47. The Balaban J connectivity index is 1.90. The maximum atomic E-state index is 12.8. The maximum Gasteiger partial charge on any atom is 0.326 e. The van der Waals surface area contributed by atoms with E-state index in [1.54, 1.807) is 19.9 Å². The van der Waals surface area contributed by atoms with E-state index in [0.29, 0.717) is 12.2 Å². The minimum absolute atomic E-state index is 0.203. The molecule has 2 aromatic carbocycles. The number of aliphatic carboxylic acids is 1. The van der Waals surface area contributed by atoms with Gasteiger partial charge in [0.25, 0.3) is 0 Å². The van der Waals surface area contributed by atoms with Gasteiger partial charge >= 0.3 is 5.97 Å². The smallest absolute Gasteiger partial charge is 0.326 e. The van der Waals surface area contributed by atoms with Gasteiger partial charge in [-0.05, 0) is 40.3 Å². The minimum atomic E-state index is -1.01. The maximum absolute atomic E-state index is 12.8. The molecule has 1 atom stereocenters. The van der Waals surface area contributed by atoms with Crippen molar-refractivity contribution in [3.05, 3.63) is 66.2 Å². The van der Waals surface area contributed by atoms with Crippen LogP contribution in [0.3, 0.4) is 0 Å². The first-order chi connectivity index (χ1) is 15.4. The van der Waals surface area contributed by atoms with Crippen LogP contribution in [-0.2, 0) is 16.1 Å². The molecule has 0 aliphatic rings. The van der Waals surface area contributed by atoms with E-state index in [4.69, 9.17) is 0 Å². The van der Waals surface area contributed by atoms with Gasteiger partial charge in [0.2, 0.25) is 11.7 Å². The highest BCUT2D eigenvalue weighted by molar-refractivity contribution is 5.91. The van der Waals surface area contributed by atoms with Gasteiger partial charge < -0.3 is 10.0 Å². The van der Waals surface area contributed by atoms with Crippen LogP contribution in [0.2, 0.25) is 0 Å². The molecule has 1 aromatic heterocycles. The number of allylic oxidation sites excluding steroid dienone is 1. The summed E-state index contributed by atoms with van der Waals surface area (Å²) in [7, 11) is 0. The number of carbonyl (C=O) groups is 2. The normalized spacial score (nSPS) is 12.2. The summed E-state index contributed by atoms with van der Waals surface area (Å²) in [6.45, 7) is 5.74. The van der Waals surface area contributed by atoms with Crippen molar-refractivity contribution < 1.29 is 14.7 Å². The van der Waals surface area contributed by atoms with Crippen molar-refractivity contribution in [2.24, 2.45) is 5.92 Å². The molecule has 1 amide bonds. The number of aromatic amines is 1. The van der Waals surface area contributed by atoms with Crippen molar-refractivity contribution in [3.63, 3.8) is 0 Å². The third kappa shape index (κ3) is 5.26. The van der Waals surface area contributed by atoms with Crippen molar-refractivity contribution in [2.45, 2.75) is 39.8 Å². The average molecular weight is 434 g/mol. The number of tetrazole rings is 1. The van der Waals surface area contributed by atoms with Gasteiger partial charge in [-0.1, -0.05) is 75.4 Å². The number of benzene rings is 2. The molecule has 1 heterocycles. The van der Waals surface area contributed by atoms with Crippen LogP contribution in [0, 0.1) is 5.92 Å². The number of hydrogen-bond donors (Lipinski definition) is 2. The summed E-state index contributed by atoms with van der Waals surface area (Å²) >= 11 is 0. The van der Waals surface area contributed by atoms with E-state index < -0.39 is 12.0 Å². The van der Waals surface area contributed by atoms with Gasteiger partial charge in [-0.25, -0.2) is 4.79 Å². The lowest BCUT2D eigenvalue weighted by molar-refractivity contribution is -0.151. The Morgan fingerprint density at radius 3 is 2.34 bits per heavy atom. The molecule has 0 unspecified atom stereocenters. The van der Waals surface area contributed by atoms with Gasteiger partial charge in [0, 0.05) is 12.1 Å². The van der Waals surface area contributed by atoms with Crippen LogP contribution in [0.25, 0.3) is 22.5 Å². The lowest BCUT2D eigenvalue weighted by atomic mass is 9.97. The fourth-order valence-corrected chi connectivity index (χ4v) is 3.60. The van der Waals surface area contributed by atoms with Gasteiger partial charge in [0.05, 0.1) is 0 Å². The number of hydrogen-bond acceptors (Lipinski definition) is 5. The fourth-order valence-electron chi connectivity index (χ4n) is 3.60. The number of carbonyl (C=O) groups excluding carboxylic acids is 1. The first kappa shape index (κ1) is 22.9. The molecule has 3 aromatic rings. The first-order valence-corrected chi connectivity index (χ1v) is 10.5. The number of aromatic nitrogens is 4. The molecule has 8 nitrogen and oxygen atoms in total. The third-order valence-corrected chi connectivity index (χ3v) is 5.13. The molecular formula is C24H27N5O3. The molecular weight excluding hydrogens is 406 g/mol. The summed E-state index contributed by atoms with van der Waals surface area (Å²) in [4.78, 5) is 26.1. The molecule has 166 valence electrons. The predicted molar refractivity (Wildman–Crippen MR) is 121 cm³/mol. The van der Waals surface area contributed by atoms with Gasteiger partial charge in [-0.3, -0.25) is 4.79 Å². The molecule has 8 heteroatoms. The first-order valence-electron chi connectivity index (χ1n) is 10.5. The Hall–Kier alpha value is -3.81. The van der Waals surface area contributed by atoms with E-state index in [2.05, 4.69) is 20.6 Å². The van der Waals surface area contributed by atoms with E-state index >= 15 is 0 Å². The molecule has 0 fully saturated rings. The van der Waals surface area contributed by atoms with Crippen LogP contribution in [0.15, 0.2) is 60.7 Å². The lowest BCUT2D eigenvalue weighted by Gasteiger charge is -2.31. The molecule has 0 aliphatic heterocycles. The number of H-pyrrole nitrogens is 1. The number of nitrogens with zero attached hydrogens (tertiary/aromatic N) is 4. The van der Waals surface area contributed by atoms with Crippen molar-refractivity contribution in [2.75, 3.05) is 0 Å². The van der Waals surface area contributed by atoms with Gasteiger partial charge in [0.15, 0.2) is 0 Å². The second-order valence-corrected chi connectivity index (χ2v) is 7.78. The van der Waals surface area contributed by atoms with Crippen LogP contribution < -0.4 is 0 Å². The quantitative estimate of drug-likeness (QED) is 0.494. The molecule has 0 saturated heterocycles. The SMILES string of the molecule is CCC=CC(=O)N(Cc1ccc(-c2ccccc2-c2nn[nH]n2)cc1)[C@H](C(=O)O)C(C)C. The molecule has 32 heavy (non-hydrogen) atoms. The number of nitrogens with one attached hydrogen (secondary N) is 1. The number of rotatable bonds is 9. The van der Waals surface area contributed by atoms with Crippen molar-refractivity contribution >= 4 is 11.9 Å². The van der Waals surface area contributed by atoms with E-state index in [1.165, 1.54) is 11.0 Å². The van der Waals surface area contributed by atoms with E-state index in [-0.39, 0.29) is 18.4 Å². The second-order valence-electron chi connectivity index (χ2n) is 7.78. The average Bonchev–Trinajstić information content (AvgIpc) is 3.32. The fraction of sp³-hybridized carbons (Fsp3) is 0.292. The zero-order chi connectivity index (χ0) is 23.1. The van der Waals surface area contributed by atoms with Gasteiger partial charge in [-0.2, -0.15) is 5.21 Å². The predicted octanol–water partition coefficient (Wildman–Crippen LogP) is 3.94. The summed E-state index contributed by atoms with van der Waals surface area (Å²) in [6, 6.07) is 14.6. The molecule has 0 bridgehead atoms. The van der Waals surface area contributed by atoms with E-state index in [9.17, 15) is 14.7 Å². The largest absolute Gasteiger partial charge is 0.480 e. The van der Waals surface area contributed by atoms with Crippen LogP contribution in [-0.4, -0.2) is 48.5 Å². The standard InChI is InChI=1S/C24H27N5O3/c1-4-5-10-21(30)29(22(16(2)3)24(31)32)15-17-11-13-18(14-12-17)19-8-6-7-9-20(19)23-25-27-28-26-23/h5-14,16,22H,4,15H2,1-3H3,(H,31,32)(H,25,26,27,28)/t22-/m0/s1. The zero-order valence-corrected chi connectivity index (χ0v) is 18.4.